The van der Waals surface area contributed by atoms with Crippen molar-refractivity contribution in [1.29, 1.82) is 0 Å². The number of rotatable bonds is 6. The van der Waals surface area contributed by atoms with Crippen LogP contribution in [-0.4, -0.2) is 22.0 Å². The third-order valence-electron chi connectivity index (χ3n) is 2.87. The average molecular weight is 308 g/mol. The van der Waals surface area contributed by atoms with Crippen molar-refractivity contribution in [3.05, 3.63) is 79.2 Å². The number of carboxylic acids is 1. The Morgan fingerprint density at radius 1 is 1.22 bits per heavy atom. The van der Waals surface area contributed by atoms with E-state index in [1.54, 1.807) is 6.20 Å². The number of aliphatic imine (C=N–C) groups is 1. The molecule has 1 aromatic heterocycles. The van der Waals surface area contributed by atoms with Crippen LogP contribution in [0.5, 0.6) is 0 Å². The van der Waals surface area contributed by atoms with Gasteiger partial charge in [-0.15, -0.1) is 0 Å². The summed E-state index contributed by atoms with van der Waals surface area (Å²) < 4.78 is 5.45. The lowest BCUT2D eigenvalue weighted by atomic mass is 10.1. The van der Waals surface area contributed by atoms with Gasteiger partial charge in [0.1, 0.15) is 6.61 Å². The monoisotopic (exact) mass is 308 g/mol. The van der Waals surface area contributed by atoms with Crippen molar-refractivity contribution in [2.75, 3.05) is 0 Å². The number of aromatic nitrogens is 1. The molecule has 0 aliphatic carbocycles. The molecule has 5 nitrogen and oxygen atoms in total. The van der Waals surface area contributed by atoms with Crippen LogP contribution in [0, 0.1) is 0 Å². The topological polar surface area (TPSA) is 71.8 Å². The van der Waals surface area contributed by atoms with Crippen molar-refractivity contribution in [2.45, 2.75) is 6.61 Å². The lowest BCUT2D eigenvalue weighted by molar-refractivity contribution is -0.131. The summed E-state index contributed by atoms with van der Waals surface area (Å²) in [7, 11) is 0. The average Bonchev–Trinajstić information content (AvgIpc) is 2.58. The molecule has 0 bridgehead atoms. The minimum Gasteiger partial charge on any atom is -0.478 e. The van der Waals surface area contributed by atoms with Gasteiger partial charge in [0, 0.05) is 35.7 Å². The highest BCUT2D eigenvalue weighted by Crippen LogP contribution is 2.16. The van der Waals surface area contributed by atoms with Gasteiger partial charge in [-0.25, -0.2) is 9.79 Å². The van der Waals surface area contributed by atoms with Crippen LogP contribution in [0.15, 0.2) is 78.6 Å². The van der Waals surface area contributed by atoms with E-state index in [0.29, 0.717) is 0 Å². The van der Waals surface area contributed by atoms with E-state index in [2.05, 4.69) is 16.6 Å². The highest BCUT2D eigenvalue weighted by Gasteiger charge is 2.01. The molecule has 0 fully saturated rings. The van der Waals surface area contributed by atoms with Crippen molar-refractivity contribution >= 4 is 11.9 Å². The van der Waals surface area contributed by atoms with Crippen LogP contribution in [-0.2, 0) is 16.1 Å². The third kappa shape index (κ3) is 5.24. The van der Waals surface area contributed by atoms with Gasteiger partial charge in [0.15, 0.2) is 0 Å². The molecule has 0 radical (unpaired) electrons. The van der Waals surface area contributed by atoms with E-state index in [0.717, 1.165) is 22.9 Å². The quantitative estimate of drug-likeness (QED) is 0.504. The SMILES string of the molecule is C=CN=C(/C=C/C(=O)O)OCc1ccc(-c2ccccc2)nc1. The Kier molecular flexibility index (Phi) is 5.82. The Hall–Kier alpha value is -3.21. The lowest BCUT2D eigenvalue weighted by Gasteiger charge is -2.06. The number of carbonyl (C=O) groups is 1. The van der Waals surface area contributed by atoms with Crippen LogP contribution in [0.4, 0.5) is 0 Å². The van der Waals surface area contributed by atoms with Gasteiger partial charge in [-0.2, -0.15) is 0 Å². The number of aliphatic carboxylic acids is 1. The first-order valence-electron chi connectivity index (χ1n) is 6.92. The largest absolute Gasteiger partial charge is 0.478 e. The maximum Gasteiger partial charge on any atom is 0.328 e. The third-order valence-corrected chi connectivity index (χ3v) is 2.87. The Balaban J connectivity index is 2.02. The zero-order valence-electron chi connectivity index (χ0n) is 12.4. The molecule has 5 heteroatoms. The number of hydrogen-bond acceptors (Lipinski definition) is 4. The molecular formula is C18H16N2O3. The van der Waals surface area contributed by atoms with E-state index in [-0.39, 0.29) is 12.5 Å². The highest BCUT2D eigenvalue weighted by molar-refractivity contribution is 5.94. The first kappa shape index (κ1) is 16.2. The number of carboxylic acid groups (broad SMARTS) is 1. The Morgan fingerprint density at radius 2 is 2.00 bits per heavy atom. The number of benzene rings is 1. The van der Waals surface area contributed by atoms with Gasteiger partial charge in [0.25, 0.3) is 0 Å². The van der Waals surface area contributed by atoms with Gasteiger partial charge < -0.3 is 9.84 Å². The summed E-state index contributed by atoms with van der Waals surface area (Å²) in [6.07, 6.45) is 5.24. The van der Waals surface area contributed by atoms with Gasteiger partial charge >= 0.3 is 5.97 Å². The van der Waals surface area contributed by atoms with E-state index in [1.165, 1.54) is 12.3 Å². The minimum atomic E-state index is -1.07. The normalized spacial score (nSPS) is 11.4. The number of nitrogens with zero attached hydrogens (tertiary/aromatic N) is 2. The number of pyridine rings is 1. The molecule has 0 saturated heterocycles. The fourth-order valence-electron chi connectivity index (χ4n) is 1.81. The van der Waals surface area contributed by atoms with E-state index in [1.807, 2.05) is 42.5 Å². The molecule has 0 atom stereocenters. The Bertz CT molecular complexity index is 720. The minimum absolute atomic E-state index is 0.175. The maximum atomic E-state index is 10.5. The van der Waals surface area contributed by atoms with Crippen molar-refractivity contribution in [1.82, 2.24) is 4.98 Å². The molecule has 23 heavy (non-hydrogen) atoms. The van der Waals surface area contributed by atoms with E-state index >= 15 is 0 Å². The Morgan fingerprint density at radius 3 is 2.61 bits per heavy atom. The Labute approximate surface area is 134 Å². The molecule has 2 aromatic rings. The second-order valence-corrected chi connectivity index (χ2v) is 4.53. The summed E-state index contributed by atoms with van der Waals surface area (Å²) >= 11 is 0. The summed E-state index contributed by atoms with van der Waals surface area (Å²) in [6, 6.07) is 13.7. The van der Waals surface area contributed by atoms with Crippen molar-refractivity contribution < 1.29 is 14.6 Å². The predicted octanol–water partition coefficient (Wildman–Crippen LogP) is 3.45. The molecule has 116 valence electrons. The number of hydrogen-bond donors (Lipinski definition) is 1. The summed E-state index contributed by atoms with van der Waals surface area (Å²) in [5, 5.41) is 8.62. The smallest absolute Gasteiger partial charge is 0.328 e. The molecule has 0 aliphatic rings. The molecule has 1 aromatic carbocycles. The second kappa shape index (κ2) is 8.29. The summed E-state index contributed by atoms with van der Waals surface area (Å²) in [5.74, 6) is -0.895. The molecule has 0 unspecified atom stereocenters. The van der Waals surface area contributed by atoms with E-state index in [9.17, 15) is 4.79 Å². The first-order chi connectivity index (χ1) is 11.2. The first-order valence-corrected chi connectivity index (χ1v) is 6.92. The summed E-state index contributed by atoms with van der Waals surface area (Å²) in [5.41, 5.74) is 2.77. The highest BCUT2D eigenvalue weighted by atomic mass is 16.5. The lowest BCUT2D eigenvalue weighted by Crippen LogP contribution is -2.03. The molecular weight excluding hydrogens is 292 g/mol. The molecule has 0 spiro atoms. The fraction of sp³-hybridized carbons (Fsp3) is 0.0556. The molecule has 0 amide bonds. The zero-order chi connectivity index (χ0) is 16.5. The second-order valence-electron chi connectivity index (χ2n) is 4.53. The summed E-state index contributed by atoms with van der Waals surface area (Å²) in [4.78, 5) is 18.8. The van der Waals surface area contributed by atoms with Crippen molar-refractivity contribution in [3.63, 3.8) is 0 Å². The van der Waals surface area contributed by atoms with Gasteiger partial charge in [0.05, 0.1) is 5.69 Å². The van der Waals surface area contributed by atoms with Crippen molar-refractivity contribution in [3.8, 4) is 11.3 Å². The van der Waals surface area contributed by atoms with Crippen molar-refractivity contribution in [2.24, 2.45) is 4.99 Å². The van der Waals surface area contributed by atoms with Gasteiger partial charge in [0.2, 0.25) is 5.90 Å². The summed E-state index contributed by atoms with van der Waals surface area (Å²) in [6.45, 7) is 3.70. The zero-order valence-corrected chi connectivity index (χ0v) is 12.4. The predicted molar refractivity (Wildman–Crippen MR) is 88.9 cm³/mol. The van der Waals surface area contributed by atoms with Crippen LogP contribution in [0.25, 0.3) is 11.3 Å². The van der Waals surface area contributed by atoms with Gasteiger partial charge in [-0.1, -0.05) is 43.0 Å². The number of ether oxygens (including phenoxy) is 1. The molecule has 1 N–H and O–H groups in total. The van der Waals surface area contributed by atoms with Crippen LogP contribution < -0.4 is 0 Å². The molecule has 2 rings (SSSR count). The van der Waals surface area contributed by atoms with Gasteiger partial charge in [-0.05, 0) is 6.07 Å². The van der Waals surface area contributed by atoms with E-state index in [4.69, 9.17) is 9.84 Å². The van der Waals surface area contributed by atoms with Gasteiger partial charge in [-0.3, -0.25) is 4.98 Å². The maximum absolute atomic E-state index is 10.5. The molecule has 0 saturated carbocycles. The van der Waals surface area contributed by atoms with Crippen LogP contribution in [0.3, 0.4) is 0 Å². The van der Waals surface area contributed by atoms with Crippen LogP contribution in [0.2, 0.25) is 0 Å². The standard InChI is InChI=1S/C18H16N2O3/c1-2-19-17(10-11-18(21)22)23-13-14-8-9-16(20-12-14)15-6-4-3-5-7-15/h2-12H,1,13H2,(H,21,22)/b11-10+,19-17?. The van der Waals surface area contributed by atoms with Crippen LogP contribution >= 0.6 is 0 Å². The molecule has 0 aliphatic heterocycles. The molecule has 1 heterocycles. The van der Waals surface area contributed by atoms with Crippen LogP contribution in [0.1, 0.15) is 5.56 Å². The fourth-order valence-corrected chi connectivity index (χ4v) is 1.81. The van der Waals surface area contributed by atoms with E-state index < -0.39 is 5.97 Å².